The van der Waals surface area contributed by atoms with Gasteiger partial charge in [0.25, 0.3) is 0 Å². The van der Waals surface area contributed by atoms with Crippen molar-refractivity contribution >= 4 is 27.5 Å². The molecule has 0 radical (unpaired) electrons. The molecule has 5 heteroatoms. The van der Waals surface area contributed by atoms with Gasteiger partial charge in [-0.1, -0.05) is 115 Å². The van der Waals surface area contributed by atoms with E-state index in [1.807, 2.05) is 14.4 Å². The van der Waals surface area contributed by atoms with Gasteiger partial charge in [-0.2, -0.15) is 0 Å². The van der Waals surface area contributed by atoms with Crippen LogP contribution in [-0.2, 0) is 40.1 Å². The molecule has 2 nitrogen and oxygen atoms in total. The van der Waals surface area contributed by atoms with Gasteiger partial charge in [0.15, 0.2) is 0 Å². The van der Waals surface area contributed by atoms with Gasteiger partial charge >= 0.3 is 110 Å². The summed E-state index contributed by atoms with van der Waals surface area (Å²) in [6.07, 6.45) is 13.9. The summed E-state index contributed by atoms with van der Waals surface area (Å²) < 4.78 is 1.58. The summed E-state index contributed by atoms with van der Waals surface area (Å²) in [5, 5.41) is 2.48. The zero-order chi connectivity index (χ0) is 41.1. The molecule has 0 aromatic heterocycles. The van der Waals surface area contributed by atoms with Crippen LogP contribution < -0.4 is 0 Å². The molecule has 4 aromatic rings. The number of hydrogen-bond acceptors (Lipinski definition) is 0. The molecule has 0 aliphatic carbocycles. The Morgan fingerprint density at radius 3 is 1.30 bits per heavy atom. The predicted octanol–water partition coefficient (Wildman–Crippen LogP) is 16.2. The molecule has 0 saturated heterocycles. The summed E-state index contributed by atoms with van der Waals surface area (Å²) in [5.41, 5.74) is 24.8. The standard InChI is InChI=1S/C36H56N2Si2.2C8H9.Ni/c1-9-11-13-14-22-34-33(21-12-10-2)35(31-19-15-17-29(27-31)23-25-39(3,4)5)38(37)36(34)32-20-16-18-30(28-32)24-26-40(6,7)8;2*1-2-8-6-4-3-5-7-8;/h15-20,27-28H,9-14,21-26H2,1-8H3;2*3-7H,1-2H2;. The van der Waals surface area contributed by atoms with E-state index in [1.165, 1.54) is 100 Å². The van der Waals surface area contributed by atoms with Gasteiger partial charge in [-0.05, 0) is 73.9 Å². The fourth-order valence-corrected chi connectivity index (χ4v) is 10.6. The van der Waals surface area contributed by atoms with E-state index in [1.54, 1.807) is 4.70 Å². The zero-order valence-corrected chi connectivity index (χ0v) is 39.9. The van der Waals surface area contributed by atoms with Gasteiger partial charge in [-0.25, -0.2) is 4.70 Å². The van der Waals surface area contributed by atoms with Crippen LogP contribution in [0.4, 0.5) is 0 Å². The average Bonchev–Trinajstić information content (AvgIpc) is 3.47. The molecular weight excluding hydrogens is 767 g/mol. The average molecular weight is 842 g/mol. The van der Waals surface area contributed by atoms with Crippen molar-refractivity contribution in [1.29, 1.82) is 0 Å². The van der Waals surface area contributed by atoms with E-state index >= 15 is 0 Å². The maximum atomic E-state index is 12.0. The monoisotopic (exact) mass is 840 g/mol. The summed E-state index contributed by atoms with van der Waals surface area (Å²) in [6.45, 7) is 19.3. The van der Waals surface area contributed by atoms with Gasteiger partial charge in [-0.15, -0.1) is 0 Å². The number of benzene rings is 4. The first-order chi connectivity index (χ1) is 27.4. The van der Waals surface area contributed by atoms with Crippen LogP contribution in [0.2, 0.25) is 62.2 Å². The van der Waals surface area contributed by atoms with Gasteiger partial charge in [0, 0.05) is 38.4 Å². The summed E-state index contributed by atoms with van der Waals surface area (Å²) in [6, 6.07) is 42.1. The van der Waals surface area contributed by atoms with Crippen LogP contribution in [0.25, 0.3) is 16.9 Å². The van der Waals surface area contributed by atoms with E-state index in [4.69, 9.17) is 0 Å². The Morgan fingerprint density at radius 1 is 0.456 bits per heavy atom. The Labute approximate surface area is 357 Å². The van der Waals surface area contributed by atoms with Crippen molar-refractivity contribution in [2.75, 3.05) is 0 Å². The molecule has 0 amide bonds. The van der Waals surface area contributed by atoms with Crippen LogP contribution in [0.1, 0.15) is 98.6 Å². The predicted molar refractivity (Wildman–Crippen MR) is 252 cm³/mol. The van der Waals surface area contributed by atoms with Crippen molar-refractivity contribution in [3.63, 3.8) is 0 Å². The van der Waals surface area contributed by atoms with Gasteiger partial charge in [-0.3, -0.25) is 0 Å². The Bertz CT molecular complexity index is 1820. The van der Waals surface area contributed by atoms with E-state index in [9.17, 15) is 5.53 Å². The molecular formula is C52H74N2NiSi2. The van der Waals surface area contributed by atoms with Crippen LogP contribution in [0.3, 0.4) is 0 Å². The normalized spacial score (nSPS) is 13.4. The molecule has 57 heavy (non-hydrogen) atoms. The van der Waals surface area contributed by atoms with Crippen LogP contribution in [0.15, 0.2) is 120 Å². The van der Waals surface area contributed by atoms with E-state index < -0.39 is 16.1 Å². The maximum absolute atomic E-state index is 12.0. The quantitative estimate of drug-likeness (QED) is 0.0428. The third-order valence-corrected chi connectivity index (χ3v) is 15.5. The number of aryl methyl sites for hydroxylation is 4. The minimum absolute atomic E-state index is 1.02. The number of unbranched alkanes of at least 4 members (excludes halogenated alkanes) is 4. The second kappa shape index (κ2) is 24.1. The van der Waals surface area contributed by atoms with E-state index in [0.29, 0.717) is 0 Å². The molecule has 0 fully saturated rings. The molecule has 0 spiro atoms. The van der Waals surface area contributed by atoms with Crippen molar-refractivity contribution < 1.29 is 19.1 Å². The summed E-state index contributed by atoms with van der Waals surface area (Å²) in [4.78, 5) is 0. The Kier molecular flexibility index (Phi) is 19.7. The SMILES string of the molecule is CCCCCCC1=C(c2cccc(CC[Si](C)(C)C)c2)[N+](=[N-])C(c2cccc(CC[Si](C)(C)C)c2)=C1CCCC.c1ccc(C[CH2][Ni][CH2]Cc2ccccc2)cc1. The summed E-state index contributed by atoms with van der Waals surface area (Å²) in [5.74, 6) is 0. The van der Waals surface area contributed by atoms with E-state index in [2.05, 4.69) is 162 Å². The minimum atomic E-state index is -1.12. The molecule has 1 aliphatic rings. The molecule has 1 aliphatic heterocycles. The fraction of sp³-hybridized carbons (Fsp3) is 0.462. The van der Waals surface area contributed by atoms with Gasteiger partial charge < -0.3 is 5.53 Å². The molecule has 1 heterocycles. The Morgan fingerprint density at radius 2 is 0.877 bits per heavy atom. The van der Waals surface area contributed by atoms with Crippen LogP contribution in [0.5, 0.6) is 0 Å². The molecule has 4 aromatic carbocycles. The molecule has 0 bridgehead atoms. The van der Waals surface area contributed by atoms with Gasteiger partial charge in [0.1, 0.15) is 0 Å². The van der Waals surface area contributed by atoms with Crippen molar-refractivity contribution in [3.8, 4) is 0 Å². The van der Waals surface area contributed by atoms with Gasteiger partial charge in [0.05, 0.1) is 0 Å². The van der Waals surface area contributed by atoms with E-state index in [0.717, 1.165) is 55.5 Å². The molecule has 5 rings (SSSR count). The first-order valence-electron chi connectivity index (χ1n) is 22.1. The van der Waals surface area contributed by atoms with Crippen molar-refractivity contribution in [3.05, 3.63) is 159 Å². The summed E-state index contributed by atoms with van der Waals surface area (Å²) in [7, 11) is -2.25. The second-order valence-corrected chi connectivity index (χ2v) is 31.1. The topological polar surface area (TPSA) is 25.3 Å². The first-order valence-corrected chi connectivity index (χ1v) is 30.9. The van der Waals surface area contributed by atoms with Crippen molar-refractivity contribution in [2.45, 2.75) is 153 Å². The van der Waals surface area contributed by atoms with Crippen LogP contribution >= 0.6 is 0 Å². The van der Waals surface area contributed by atoms with Crippen molar-refractivity contribution in [2.24, 2.45) is 0 Å². The Hall–Kier alpha value is -3.11. The number of nitrogens with zero attached hydrogens (tertiary/aromatic N) is 2. The Balaban J connectivity index is 0.000000350. The van der Waals surface area contributed by atoms with Gasteiger partial charge in [0.2, 0.25) is 11.4 Å². The molecule has 0 atom stereocenters. The first kappa shape index (κ1) is 46.6. The molecule has 0 N–H and O–H groups in total. The van der Waals surface area contributed by atoms with Crippen LogP contribution in [-0.4, -0.2) is 20.8 Å². The molecule has 0 unspecified atom stereocenters. The second-order valence-electron chi connectivity index (χ2n) is 18.3. The molecule has 310 valence electrons. The number of rotatable bonds is 22. The number of hydrogen-bond donors (Lipinski definition) is 0. The third-order valence-electron chi connectivity index (χ3n) is 10.8. The fourth-order valence-electron chi connectivity index (χ4n) is 7.32. The molecule has 0 saturated carbocycles. The summed E-state index contributed by atoms with van der Waals surface area (Å²) >= 11 is 1.86. The number of allylic oxidation sites excluding steroid dienone is 2. The zero-order valence-electron chi connectivity index (χ0n) is 36.9. The van der Waals surface area contributed by atoms with Crippen LogP contribution in [0, 0.1) is 0 Å². The third kappa shape index (κ3) is 16.6. The van der Waals surface area contributed by atoms with E-state index in [-0.39, 0.29) is 0 Å². The van der Waals surface area contributed by atoms with Crippen molar-refractivity contribution in [1.82, 2.24) is 0 Å².